The van der Waals surface area contributed by atoms with E-state index in [0.717, 1.165) is 12.4 Å². The summed E-state index contributed by atoms with van der Waals surface area (Å²) < 4.78 is 5.87. The van der Waals surface area contributed by atoms with Crippen LogP contribution in [0.4, 0.5) is 5.82 Å². The highest BCUT2D eigenvalue weighted by Gasteiger charge is 2.33. The molecule has 1 saturated heterocycles. The second-order valence-corrected chi connectivity index (χ2v) is 5.43. The number of amidine groups is 1. The van der Waals surface area contributed by atoms with Crippen molar-refractivity contribution >= 4 is 11.7 Å². The van der Waals surface area contributed by atoms with E-state index < -0.39 is 0 Å². The number of morpholine rings is 1. The molecule has 0 bridgehead atoms. The summed E-state index contributed by atoms with van der Waals surface area (Å²) in [5.74, 6) is 0.793. The second kappa shape index (κ2) is 5.05. The van der Waals surface area contributed by atoms with Gasteiger partial charge >= 0.3 is 0 Å². The molecule has 0 amide bonds. The number of rotatable bonds is 2. The van der Waals surface area contributed by atoms with E-state index in [2.05, 4.69) is 15.0 Å². The fourth-order valence-corrected chi connectivity index (χ4v) is 2.52. The van der Waals surface area contributed by atoms with Gasteiger partial charge in [0.1, 0.15) is 5.82 Å². The van der Waals surface area contributed by atoms with Gasteiger partial charge in [0, 0.05) is 19.3 Å². The van der Waals surface area contributed by atoms with Crippen LogP contribution in [-0.2, 0) is 4.74 Å². The van der Waals surface area contributed by atoms with Gasteiger partial charge in [-0.2, -0.15) is 0 Å². The van der Waals surface area contributed by atoms with Gasteiger partial charge in [-0.15, -0.1) is 0 Å². The summed E-state index contributed by atoms with van der Waals surface area (Å²) in [5.41, 5.74) is 6.09. The third-order valence-corrected chi connectivity index (χ3v) is 3.04. The molecule has 0 spiro atoms. The van der Waals surface area contributed by atoms with Crippen LogP contribution in [0, 0.1) is 0 Å². The van der Waals surface area contributed by atoms with Crippen molar-refractivity contribution in [2.45, 2.75) is 32.5 Å². The van der Waals surface area contributed by atoms with Gasteiger partial charge in [0.05, 0.1) is 17.3 Å². The molecule has 104 valence electrons. The predicted octanol–water partition coefficient (Wildman–Crippen LogP) is 1.18. The third kappa shape index (κ3) is 2.96. The van der Waals surface area contributed by atoms with Crippen LogP contribution in [0.5, 0.6) is 0 Å². The summed E-state index contributed by atoms with van der Waals surface area (Å²) in [6, 6.07) is 3.57. The normalized spacial score (nSPS) is 23.4. The molecule has 1 aromatic heterocycles. The zero-order valence-corrected chi connectivity index (χ0v) is 11.5. The number of aromatic nitrogens is 1. The molecule has 3 N–H and O–H groups in total. The first-order valence-electron chi connectivity index (χ1n) is 6.28. The van der Waals surface area contributed by atoms with Crippen LogP contribution in [-0.4, -0.2) is 40.8 Å². The van der Waals surface area contributed by atoms with Crippen molar-refractivity contribution in [3.8, 4) is 0 Å². The first-order chi connectivity index (χ1) is 8.93. The van der Waals surface area contributed by atoms with Crippen LogP contribution in [0.1, 0.15) is 26.3 Å². The molecule has 1 atom stereocenters. The van der Waals surface area contributed by atoms with Crippen molar-refractivity contribution in [1.29, 1.82) is 0 Å². The molecule has 6 heteroatoms. The van der Waals surface area contributed by atoms with Gasteiger partial charge in [0.15, 0.2) is 5.84 Å². The zero-order valence-electron chi connectivity index (χ0n) is 11.5. The van der Waals surface area contributed by atoms with E-state index in [4.69, 9.17) is 15.7 Å². The van der Waals surface area contributed by atoms with Gasteiger partial charge in [-0.3, -0.25) is 0 Å². The number of hydrogen-bond acceptors (Lipinski definition) is 5. The SMILES string of the molecule is CC1CN(c2ncccc2C(N)=NO)CC(C)(C)O1. The molecule has 19 heavy (non-hydrogen) atoms. The monoisotopic (exact) mass is 264 g/mol. The Balaban J connectivity index is 2.36. The number of nitrogens with zero attached hydrogens (tertiary/aromatic N) is 3. The lowest BCUT2D eigenvalue weighted by molar-refractivity contribution is -0.0751. The summed E-state index contributed by atoms with van der Waals surface area (Å²) in [5, 5.41) is 11.9. The van der Waals surface area contributed by atoms with Crippen LogP contribution >= 0.6 is 0 Å². The number of hydrogen-bond donors (Lipinski definition) is 2. The zero-order chi connectivity index (χ0) is 14.0. The Kier molecular flexibility index (Phi) is 3.61. The van der Waals surface area contributed by atoms with Crippen LogP contribution in [0.3, 0.4) is 0 Å². The maximum absolute atomic E-state index is 8.86. The molecule has 1 aliphatic heterocycles. The molecular weight excluding hydrogens is 244 g/mol. The number of anilines is 1. The van der Waals surface area contributed by atoms with Crippen LogP contribution < -0.4 is 10.6 Å². The van der Waals surface area contributed by atoms with Crippen molar-refractivity contribution in [2.75, 3.05) is 18.0 Å². The minimum atomic E-state index is -0.252. The van der Waals surface area contributed by atoms with E-state index in [-0.39, 0.29) is 17.5 Å². The average molecular weight is 264 g/mol. The molecule has 2 heterocycles. The van der Waals surface area contributed by atoms with E-state index >= 15 is 0 Å². The Hall–Kier alpha value is -1.82. The smallest absolute Gasteiger partial charge is 0.173 e. The number of pyridine rings is 1. The van der Waals surface area contributed by atoms with E-state index in [1.54, 1.807) is 18.3 Å². The topological polar surface area (TPSA) is 84.0 Å². The summed E-state index contributed by atoms with van der Waals surface area (Å²) in [4.78, 5) is 6.48. The van der Waals surface area contributed by atoms with Gasteiger partial charge in [-0.1, -0.05) is 5.16 Å². The number of ether oxygens (including phenoxy) is 1. The van der Waals surface area contributed by atoms with Crippen molar-refractivity contribution in [3.05, 3.63) is 23.9 Å². The first-order valence-corrected chi connectivity index (χ1v) is 6.28. The van der Waals surface area contributed by atoms with Gasteiger partial charge in [-0.25, -0.2) is 4.98 Å². The first kappa shape index (κ1) is 13.6. The molecule has 0 aliphatic carbocycles. The Labute approximate surface area is 112 Å². The lowest BCUT2D eigenvalue weighted by atomic mass is 10.0. The van der Waals surface area contributed by atoms with E-state index in [0.29, 0.717) is 12.1 Å². The molecule has 0 saturated carbocycles. The van der Waals surface area contributed by atoms with Gasteiger partial charge in [0.25, 0.3) is 0 Å². The Morgan fingerprint density at radius 1 is 1.63 bits per heavy atom. The predicted molar refractivity (Wildman–Crippen MR) is 73.6 cm³/mol. The van der Waals surface area contributed by atoms with Crippen molar-refractivity contribution < 1.29 is 9.94 Å². The molecule has 2 rings (SSSR count). The van der Waals surface area contributed by atoms with Crippen molar-refractivity contribution in [3.63, 3.8) is 0 Å². The highest BCUT2D eigenvalue weighted by atomic mass is 16.5. The Morgan fingerprint density at radius 3 is 3.00 bits per heavy atom. The lowest BCUT2D eigenvalue weighted by Crippen LogP contribution is -2.52. The van der Waals surface area contributed by atoms with Crippen molar-refractivity contribution in [2.24, 2.45) is 10.9 Å². The standard InChI is InChI=1S/C13H20N4O2/c1-9-7-17(8-13(2,3)19-9)12-10(11(14)16-18)5-4-6-15-12/h4-6,9,18H,7-8H2,1-3H3,(H2,14,16). The number of nitrogens with two attached hydrogens (primary N) is 1. The van der Waals surface area contributed by atoms with Gasteiger partial charge in [-0.05, 0) is 32.9 Å². The van der Waals surface area contributed by atoms with Crippen LogP contribution in [0.25, 0.3) is 0 Å². The summed E-state index contributed by atoms with van der Waals surface area (Å²) in [6.07, 6.45) is 1.81. The second-order valence-electron chi connectivity index (χ2n) is 5.43. The molecule has 1 aromatic rings. The quantitative estimate of drug-likeness (QED) is 0.363. The highest BCUT2D eigenvalue weighted by Crippen LogP contribution is 2.26. The Morgan fingerprint density at radius 2 is 2.37 bits per heavy atom. The van der Waals surface area contributed by atoms with E-state index in [9.17, 15) is 0 Å². The fourth-order valence-electron chi connectivity index (χ4n) is 2.52. The minimum Gasteiger partial charge on any atom is -0.409 e. The molecule has 6 nitrogen and oxygen atoms in total. The molecule has 1 unspecified atom stereocenters. The maximum atomic E-state index is 8.86. The molecule has 0 aromatic carbocycles. The molecule has 0 radical (unpaired) electrons. The highest BCUT2D eigenvalue weighted by molar-refractivity contribution is 6.01. The van der Waals surface area contributed by atoms with E-state index in [1.165, 1.54) is 0 Å². The maximum Gasteiger partial charge on any atom is 0.173 e. The molecular formula is C13H20N4O2. The summed E-state index contributed by atoms with van der Waals surface area (Å²) >= 11 is 0. The Bertz CT molecular complexity index is 487. The molecule has 1 aliphatic rings. The average Bonchev–Trinajstić information content (AvgIpc) is 2.35. The third-order valence-electron chi connectivity index (χ3n) is 3.04. The largest absolute Gasteiger partial charge is 0.409 e. The lowest BCUT2D eigenvalue weighted by Gasteiger charge is -2.42. The van der Waals surface area contributed by atoms with Crippen LogP contribution in [0.15, 0.2) is 23.5 Å². The van der Waals surface area contributed by atoms with Crippen LogP contribution in [0.2, 0.25) is 0 Å². The fraction of sp³-hybridized carbons (Fsp3) is 0.538. The summed E-state index contributed by atoms with van der Waals surface area (Å²) in [6.45, 7) is 7.55. The minimum absolute atomic E-state index is 0.0695. The van der Waals surface area contributed by atoms with E-state index in [1.807, 2.05) is 20.8 Å². The molecule has 1 fully saturated rings. The summed E-state index contributed by atoms with van der Waals surface area (Å²) in [7, 11) is 0. The van der Waals surface area contributed by atoms with Crippen molar-refractivity contribution in [1.82, 2.24) is 4.98 Å². The number of oxime groups is 1. The van der Waals surface area contributed by atoms with Gasteiger partial charge in [0.2, 0.25) is 0 Å². The van der Waals surface area contributed by atoms with Gasteiger partial charge < -0.3 is 20.6 Å².